The van der Waals surface area contributed by atoms with Crippen LogP contribution in [-0.2, 0) is 23.9 Å². The molecule has 29 heavy (non-hydrogen) atoms. The van der Waals surface area contributed by atoms with Crippen molar-refractivity contribution in [2.24, 2.45) is 0 Å². The van der Waals surface area contributed by atoms with Crippen LogP contribution in [0.3, 0.4) is 0 Å². The van der Waals surface area contributed by atoms with Gasteiger partial charge in [0, 0.05) is 23.3 Å². The Hall–Kier alpha value is -3.67. The summed E-state index contributed by atoms with van der Waals surface area (Å²) in [4.78, 5) is 39.8. The molecule has 0 rings (SSSR count). The highest BCUT2D eigenvalue weighted by Gasteiger charge is 2.07. The number of aliphatic carboxylic acids is 3. The Morgan fingerprint density at radius 1 is 1.00 bits per heavy atom. The van der Waals surface area contributed by atoms with Gasteiger partial charge in [-0.15, -0.1) is 0 Å². The maximum absolute atomic E-state index is 10.3. The number of rotatable bonds is 9. The first-order valence-corrected chi connectivity index (χ1v) is 8.28. The molecule has 0 aromatic rings. The zero-order valence-electron chi connectivity index (χ0n) is 16.8. The van der Waals surface area contributed by atoms with Crippen molar-refractivity contribution in [2.75, 3.05) is 6.61 Å². The number of unbranched alkanes of at least 4 members (excludes halogenated alkanes) is 1. The Balaban J connectivity index is -0.000000149. The van der Waals surface area contributed by atoms with Crippen LogP contribution in [0.25, 0.3) is 0 Å². The minimum Gasteiger partial charge on any atom is -0.481 e. The number of hydrogen-bond acceptors (Lipinski definition) is 6. The second-order valence-corrected chi connectivity index (χ2v) is 4.80. The van der Waals surface area contributed by atoms with Gasteiger partial charge in [-0.05, 0) is 12.8 Å². The van der Waals surface area contributed by atoms with Crippen molar-refractivity contribution < 1.29 is 39.2 Å². The predicted molar refractivity (Wildman–Crippen MR) is 108 cm³/mol. The molecule has 0 aliphatic carbocycles. The van der Waals surface area contributed by atoms with Crippen molar-refractivity contribution in [2.45, 2.75) is 39.5 Å². The smallest absolute Gasteiger partial charge is 0.331 e. The molecule has 0 bridgehead atoms. The molecular weight excluding hydrogens is 382 g/mol. The lowest BCUT2D eigenvalue weighted by Gasteiger charge is -1.97. The standard InChI is InChI=1S/C7H12O2.C5H6O4.C5H8O2.C3H3N/c1-3-5-6-9-7(8)4-2;1-3(5(8)9)2-4(6)7;1-3-4(2)5(6)7;1-2-3-4/h4H,2-3,5-6H2,1H3;1-2H2,(H,6,7)(H,8,9);2-3H2,1H3,(H,6,7);2H,1H2. The van der Waals surface area contributed by atoms with Gasteiger partial charge in [-0.2, -0.15) is 5.26 Å². The fraction of sp³-hybridized carbons (Fsp3) is 0.350. The predicted octanol–water partition coefficient (Wildman–Crippen LogP) is 3.35. The molecule has 0 saturated carbocycles. The van der Waals surface area contributed by atoms with Crippen LogP contribution in [0.2, 0.25) is 0 Å². The second kappa shape index (κ2) is 24.3. The topological polar surface area (TPSA) is 162 Å². The van der Waals surface area contributed by atoms with Crippen molar-refractivity contribution in [3.63, 3.8) is 0 Å². The van der Waals surface area contributed by atoms with Crippen molar-refractivity contribution in [3.05, 3.63) is 49.6 Å². The molecule has 162 valence electrons. The molecule has 0 fully saturated rings. The average Bonchev–Trinajstić information content (AvgIpc) is 2.67. The monoisotopic (exact) mass is 411 g/mol. The lowest BCUT2D eigenvalue weighted by molar-refractivity contribution is -0.139. The minimum atomic E-state index is -1.27. The van der Waals surface area contributed by atoms with Gasteiger partial charge in [-0.3, -0.25) is 4.79 Å². The number of carbonyl (C=O) groups excluding carboxylic acids is 1. The van der Waals surface area contributed by atoms with E-state index in [-0.39, 0.29) is 17.1 Å². The largest absolute Gasteiger partial charge is 0.481 e. The van der Waals surface area contributed by atoms with E-state index in [1.165, 1.54) is 12.2 Å². The van der Waals surface area contributed by atoms with Crippen LogP contribution in [0.15, 0.2) is 49.6 Å². The van der Waals surface area contributed by atoms with Gasteiger partial charge in [0.15, 0.2) is 0 Å². The molecule has 0 unspecified atom stereocenters. The van der Waals surface area contributed by atoms with Crippen molar-refractivity contribution in [1.29, 1.82) is 5.26 Å². The SMILES string of the molecule is C=C(CC(=O)O)C(=O)O.C=C(CC)C(=O)O.C=CC#N.C=CC(=O)OCCCC. The summed E-state index contributed by atoms with van der Waals surface area (Å²) in [6.45, 7) is 17.0. The van der Waals surface area contributed by atoms with Gasteiger partial charge >= 0.3 is 23.9 Å². The molecule has 0 amide bonds. The number of nitriles is 1. The number of carbonyl (C=O) groups is 4. The molecule has 0 spiro atoms. The fourth-order valence-electron chi connectivity index (χ4n) is 0.785. The first kappa shape index (κ1) is 33.0. The third-order valence-corrected chi connectivity index (χ3v) is 2.40. The van der Waals surface area contributed by atoms with Crippen LogP contribution < -0.4 is 0 Å². The highest BCUT2D eigenvalue weighted by molar-refractivity contribution is 5.91. The maximum atomic E-state index is 10.3. The molecule has 9 nitrogen and oxygen atoms in total. The van der Waals surface area contributed by atoms with Crippen molar-refractivity contribution in [3.8, 4) is 6.07 Å². The van der Waals surface area contributed by atoms with Crippen molar-refractivity contribution in [1.82, 2.24) is 0 Å². The summed E-state index contributed by atoms with van der Waals surface area (Å²) in [5.41, 5.74) is -0.0394. The number of nitrogens with zero attached hydrogens (tertiary/aromatic N) is 1. The van der Waals surface area contributed by atoms with Gasteiger partial charge in [0.2, 0.25) is 0 Å². The average molecular weight is 411 g/mol. The van der Waals surface area contributed by atoms with Gasteiger partial charge < -0.3 is 20.1 Å². The summed E-state index contributed by atoms with van der Waals surface area (Å²) in [7, 11) is 0. The molecule has 0 aromatic carbocycles. The summed E-state index contributed by atoms with van der Waals surface area (Å²) < 4.78 is 4.67. The first-order valence-electron chi connectivity index (χ1n) is 8.28. The molecule has 0 atom stereocenters. The minimum absolute atomic E-state index is 0.264. The number of esters is 1. The lowest BCUT2D eigenvalue weighted by Crippen LogP contribution is -2.04. The van der Waals surface area contributed by atoms with Gasteiger partial charge in [0.1, 0.15) is 0 Å². The van der Waals surface area contributed by atoms with Crippen LogP contribution in [0, 0.1) is 11.3 Å². The molecular formula is C20H29NO8. The summed E-state index contributed by atoms with van der Waals surface area (Å²) in [6, 6.07) is 1.69. The maximum Gasteiger partial charge on any atom is 0.331 e. The Labute approximate surface area is 170 Å². The van der Waals surface area contributed by atoms with E-state index in [1.54, 1.807) is 13.0 Å². The van der Waals surface area contributed by atoms with Crippen molar-refractivity contribution >= 4 is 23.9 Å². The van der Waals surface area contributed by atoms with E-state index in [4.69, 9.17) is 20.6 Å². The Kier molecular flexibility index (Phi) is 27.6. The number of carboxylic acid groups (broad SMARTS) is 3. The molecule has 3 N–H and O–H groups in total. The zero-order chi connectivity index (χ0) is 23.8. The van der Waals surface area contributed by atoms with E-state index in [2.05, 4.69) is 31.1 Å². The molecule has 0 aromatic heterocycles. The number of allylic oxidation sites excluding steroid dienone is 1. The second-order valence-electron chi connectivity index (χ2n) is 4.80. The quantitative estimate of drug-likeness (QED) is 0.223. The van der Waals surface area contributed by atoms with Crippen LogP contribution in [0.5, 0.6) is 0 Å². The lowest BCUT2D eigenvalue weighted by atomic mass is 10.2. The van der Waals surface area contributed by atoms with Gasteiger partial charge in [0.05, 0.1) is 19.1 Å². The normalized spacial score (nSPS) is 7.76. The van der Waals surface area contributed by atoms with Crippen LogP contribution in [0.4, 0.5) is 0 Å². The number of ether oxygens (including phenoxy) is 1. The molecule has 0 aliphatic rings. The molecule has 0 saturated heterocycles. The van der Waals surface area contributed by atoms with E-state index in [0.717, 1.165) is 12.8 Å². The number of hydrogen-bond donors (Lipinski definition) is 3. The van der Waals surface area contributed by atoms with E-state index >= 15 is 0 Å². The van der Waals surface area contributed by atoms with Gasteiger partial charge in [-0.1, -0.05) is 46.6 Å². The molecule has 0 aliphatic heterocycles. The summed E-state index contributed by atoms with van der Waals surface area (Å²) in [5.74, 6) is -3.68. The van der Waals surface area contributed by atoms with Crippen LogP contribution in [-0.4, -0.2) is 45.8 Å². The van der Waals surface area contributed by atoms with E-state index in [1.807, 2.05) is 6.92 Å². The molecule has 0 heterocycles. The third-order valence-electron chi connectivity index (χ3n) is 2.40. The zero-order valence-corrected chi connectivity index (χ0v) is 16.8. The van der Waals surface area contributed by atoms with Gasteiger partial charge in [0.25, 0.3) is 0 Å². The van der Waals surface area contributed by atoms with E-state index in [9.17, 15) is 19.2 Å². The fourth-order valence-corrected chi connectivity index (χ4v) is 0.785. The molecule has 0 radical (unpaired) electrons. The van der Waals surface area contributed by atoms with Crippen LogP contribution in [0.1, 0.15) is 39.5 Å². The number of carboxylic acids is 3. The molecule has 9 heteroatoms. The summed E-state index contributed by atoms with van der Waals surface area (Å²) >= 11 is 0. The Bertz CT molecular complexity index is 614. The summed E-state index contributed by atoms with van der Waals surface area (Å²) in [5, 5.41) is 31.7. The Morgan fingerprint density at radius 3 is 1.62 bits per heavy atom. The highest BCUT2D eigenvalue weighted by atomic mass is 16.5. The Morgan fingerprint density at radius 2 is 1.45 bits per heavy atom. The third kappa shape index (κ3) is 36.1. The van der Waals surface area contributed by atoms with Gasteiger partial charge in [-0.25, -0.2) is 14.4 Å². The van der Waals surface area contributed by atoms with E-state index < -0.39 is 24.3 Å². The van der Waals surface area contributed by atoms with Crippen LogP contribution >= 0.6 is 0 Å². The van der Waals surface area contributed by atoms with E-state index in [0.29, 0.717) is 13.0 Å². The first-order chi connectivity index (χ1) is 13.4. The highest BCUT2D eigenvalue weighted by Crippen LogP contribution is 1.95. The summed E-state index contributed by atoms with van der Waals surface area (Å²) in [6.07, 6.45) is 4.35.